The number of aromatic nitrogens is 2. The molecule has 0 atom stereocenters. The normalized spacial score (nSPS) is 18.7. The molecule has 0 radical (unpaired) electrons. The van der Waals surface area contributed by atoms with Gasteiger partial charge in [-0.15, -0.1) is 0 Å². The van der Waals surface area contributed by atoms with Gasteiger partial charge in [-0.2, -0.15) is 16.9 Å². The number of rotatable bonds is 1. The summed E-state index contributed by atoms with van der Waals surface area (Å²) in [5.74, 6) is 1.12. The molecule has 0 unspecified atom stereocenters. The number of hydrogen-bond donors (Lipinski definition) is 1. The van der Waals surface area contributed by atoms with Crippen molar-refractivity contribution in [1.29, 1.82) is 0 Å². The fraction of sp³-hybridized carbons (Fsp3) is 0.429. The Morgan fingerprint density at radius 2 is 2.32 bits per heavy atom. The Morgan fingerprint density at radius 3 is 3.11 bits per heavy atom. The molecule has 100 valence electrons. The number of nitrogens with one attached hydrogen (secondary N) is 1. The van der Waals surface area contributed by atoms with Gasteiger partial charge in [0.05, 0.1) is 11.7 Å². The van der Waals surface area contributed by atoms with Crippen molar-refractivity contribution < 1.29 is 4.79 Å². The highest BCUT2D eigenvalue weighted by molar-refractivity contribution is 8.00. The Labute approximate surface area is 116 Å². The van der Waals surface area contributed by atoms with Gasteiger partial charge >= 0.3 is 0 Å². The molecule has 1 aromatic heterocycles. The van der Waals surface area contributed by atoms with E-state index in [2.05, 4.69) is 24.0 Å². The van der Waals surface area contributed by atoms with Gasteiger partial charge in [0.1, 0.15) is 0 Å². The minimum absolute atomic E-state index is 0.116. The summed E-state index contributed by atoms with van der Waals surface area (Å²) in [7, 11) is 0. The molecule has 3 rings (SSSR count). The molecule has 1 aliphatic heterocycles. The van der Waals surface area contributed by atoms with Gasteiger partial charge in [0.15, 0.2) is 0 Å². The quantitative estimate of drug-likeness (QED) is 0.870. The van der Waals surface area contributed by atoms with Crippen LogP contribution in [0.15, 0.2) is 24.4 Å². The Morgan fingerprint density at radius 1 is 1.47 bits per heavy atom. The van der Waals surface area contributed by atoms with Crippen LogP contribution in [0, 0.1) is 0 Å². The molecule has 0 bridgehead atoms. The van der Waals surface area contributed by atoms with E-state index in [1.165, 1.54) is 0 Å². The molecule has 19 heavy (non-hydrogen) atoms. The van der Waals surface area contributed by atoms with Gasteiger partial charge in [-0.3, -0.25) is 9.89 Å². The maximum atomic E-state index is 12.5. The van der Waals surface area contributed by atoms with Crippen molar-refractivity contribution in [3.05, 3.63) is 30.0 Å². The maximum absolute atomic E-state index is 12.5. The van der Waals surface area contributed by atoms with Crippen LogP contribution in [-0.4, -0.2) is 44.6 Å². The standard InChI is InChI=1S/C14H17N3OS/c1-14(2)9-17(5-6-19-14)13(18)10-3-4-11-8-15-16-12(11)7-10/h3-4,7-8H,5-6,9H2,1-2H3,(H,15,16). The van der Waals surface area contributed by atoms with E-state index in [9.17, 15) is 4.79 Å². The van der Waals surface area contributed by atoms with Crippen LogP contribution in [0.2, 0.25) is 0 Å². The van der Waals surface area contributed by atoms with Crippen LogP contribution in [0.5, 0.6) is 0 Å². The van der Waals surface area contributed by atoms with Crippen molar-refractivity contribution in [2.75, 3.05) is 18.8 Å². The Balaban J connectivity index is 1.86. The van der Waals surface area contributed by atoms with Crippen molar-refractivity contribution in [3.8, 4) is 0 Å². The highest BCUT2D eigenvalue weighted by Gasteiger charge is 2.30. The first-order chi connectivity index (χ1) is 9.05. The Kier molecular flexibility index (Phi) is 3.01. The molecule has 2 aromatic rings. The zero-order chi connectivity index (χ0) is 13.5. The van der Waals surface area contributed by atoms with E-state index in [0.29, 0.717) is 0 Å². The van der Waals surface area contributed by atoms with Gasteiger partial charge in [0.2, 0.25) is 0 Å². The zero-order valence-corrected chi connectivity index (χ0v) is 12.0. The Bertz CT molecular complexity index is 620. The molecule has 1 fully saturated rings. The average Bonchev–Trinajstić information content (AvgIpc) is 2.83. The van der Waals surface area contributed by atoms with Gasteiger partial charge in [-0.1, -0.05) is 6.07 Å². The zero-order valence-electron chi connectivity index (χ0n) is 11.1. The van der Waals surface area contributed by atoms with Gasteiger partial charge in [-0.25, -0.2) is 0 Å². The summed E-state index contributed by atoms with van der Waals surface area (Å²) < 4.78 is 0.145. The topological polar surface area (TPSA) is 49.0 Å². The summed E-state index contributed by atoms with van der Waals surface area (Å²) in [6.45, 7) is 6.01. The third kappa shape index (κ3) is 2.47. The monoisotopic (exact) mass is 275 g/mol. The highest BCUT2D eigenvalue weighted by Crippen LogP contribution is 2.30. The summed E-state index contributed by atoms with van der Waals surface area (Å²) in [5.41, 5.74) is 1.65. The van der Waals surface area contributed by atoms with E-state index < -0.39 is 0 Å². The van der Waals surface area contributed by atoms with Crippen molar-refractivity contribution in [2.24, 2.45) is 0 Å². The molecule has 4 nitrogen and oxygen atoms in total. The van der Waals surface area contributed by atoms with Crippen LogP contribution in [0.4, 0.5) is 0 Å². The predicted octanol–water partition coefficient (Wildman–Crippen LogP) is 2.53. The fourth-order valence-electron chi connectivity index (χ4n) is 2.44. The number of hydrogen-bond acceptors (Lipinski definition) is 3. The first-order valence-electron chi connectivity index (χ1n) is 6.42. The molecule has 5 heteroatoms. The van der Waals surface area contributed by atoms with Crippen molar-refractivity contribution in [1.82, 2.24) is 15.1 Å². The number of carbonyl (C=O) groups excluding carboxylic acids is 1. The van der Waals surface area contributed by atoms with Crippen LogP contribution in [0.3, 0.4) is 0 Å². The smallest absolute Gasteiger partial charge is 0.254 e. The summed E-state index contributed by atoms with van der Waals surface area (Å²) in [5, 5.41) is 7.93. The summed E-state index contributed by atoms with van der Waals surface area (Å²) in [6.07, 6.45) is 1.77. The van der Waals surface area contributed by atoms with Crippen LogP contribution < -0.4 is 0 Å². The Hall–Kier alpha value is -1.49. The molecular weight excluding hydrogens is 258 g/mol. The molecule has 0 aliphatic carbocycles. The average molecular weight is 275 g/mol. The summed E-state index contributed by atoms with van der Waals surface area (Å²) >= 11 is 1.93. The van der Waals surface area contributed by atoms with Gasteiger partial charge < -0.3 is 4.90 Å². The largest absolute Gasteiger partial charge is 0.336 e. The first-order valence-corrected chi connectivity index (χ1v) is 7.40. The molecule has 1 N–H and O–H groups in total. The number of fused-ring (bicyclic) bond motifs is 1. The number of benzene rings is 1. The molecule has 2 heterocycles. The van der Waals surface area contributed by atoms with Crippen LogP contribution >= 0.6 is 11.8 Å². The summed E-state index contributed by atoms with van der Waals surface area (Å²) in [4.78, 5) is 14.5. The number of amides is 1. The third-order valence-electron chi connectivity index (χ3n) is 3.40. The molecular formula is C14H17N3OS. The van der Waals surface area contributed by atoms with Crippen molar-refractivity contribution in [3.63, 3.8) is 0 Å². The van der Waals surface area contributed by atoms with E-state index >= 15 is 0 Å². The molecule has 1 aromatic carbocycles. The SMILES string of the molecule is CC1(C)CN(C(=O)c2ccc3cn[nH]c3c2)CCS1. The van der Waals surface area contributed by atoms with E-state index in [-0.39, 0.29) is 10.7 Å². The molecule has 0 spiro atoms. The maximum Gasteiger partial charge on any atom is 0.254 e. The van der Waals surface area contributed by atoms with Gasteiger partial charge in [0.25, 0.3) is 5.91 Å². The minimum atomic E-state index is 0.116. The second-order valence-electron chi connectivity index (χ2n) is 5.51. The number of carbonyl (C=O) groups is 1. The highest BCUT2D eigenvalue weighted by atomic mass is 32.2. The molecule has 1 amide bonds. The lowest BCUT2D eigenvalue weighted by atomic mass is 10.1. The third-order valence-corrected chi connectivity index (χ3v) is 4.70. The lowest BCUT2D eigenvalue weighted by Gasteiger charge is -2.37. The van der Waals surface area contributed by atoms with Crippen LogP contribution in [0.25, 0.3) is 10.9 Å². The van der Waals surface area contributed by atoms with Crippen LogP contribution in [-0.2, 0) is 0 Å². The van der Waals surface area contributed by atoms with E-state index in [1.54, 1.807) is 6.20 Å². The van der Waals surface area contributed by atoms with Gasteiger partial charge in [-0.05, 0) is 26.0 Å². The lowest BCUT2D eigenvalue weighted by molar-refractivity contribution is 0.0748. The minimum Gasteiger partial charge on any atom is -0.336 e. The van der Waals surface area contributed by atoms with E-state index in [1.807, 2.05) is 34.9 Å². The van der Waals surface area contributed by atoms with E-state index in [4.69, 9.17) is 0 Å². The first kappa shape index (κ1) is 12.5. The fourth-order valence-corrected chi connectivity index (χ4v) is 3.55. The van der Waals surface area contributed by atoms with Crippen LogP contribution in [0.1, 0.15) is 24.2 Å². The van der Waals surface area contributed by atoms with E-state index in [0.717, 1.165) is 35.3 Å². The van der Waals surface area contributed by atoms with Crippen molar-refractivity contribution in [2.45, 2.75) is 18.6 Å². The summed E-state index contributed by atoms with van der Waals surface area (Å²) in [6, 6.07) is 5.71. The number of aromatic amines is 1. The lowest BCUT2D eigenvalue weighted by Crippen LogP contribution is -2.46. The number of thioether (sulfide) groups is 1. The number of nitrogens with zero attached hydrogens (tertiary/aromatic N) is 2. The molecule has 1 aliphatic rings. The molecule has 0 saturated carbocycles. The van der Waals surface area contributed by atoms with Gasteiger partial charge in [0, 0.05) is 34.5 Å². The van der Waals surface area contributed by atoms with Crippen molar-refractivity contribution >= 4 is 28.6 Å². The second-order valence-corrected chi connectivity index (χ2v) is 7.31. The number of H-pyrrole nitrogens is 1. The second kappa shape index (κ2) is 4.56. The molecule has 1 saturated heterocycles. The predicted molar refractivity (Wildman–Crippen MR) is 78.5 cm³/mol.